The Hall–Kier alpha value is -2.37. The summed E-state index contributed by atoms with van der Waals surface area (Å²) in [4.78, 5) is 27.1. The Bertz CT molecular complexity index is 902. The van der Waals surface area contributed by atoms with Crippen molar-refractivity contribution in [2.75, 3.05) is 13.1 Å². The fourth-order valence-electron chi connectivity index (χ4n) is 5.14. The second kappa shape index (κ2) is 9.63. The molecule has 4 rings (SSSR count). The van der Waals surface area contributed by atoms with E-state index in [0.29, 0.717) is 18.2 Å². The number of likely N-dealkylation sites (tertiary alicyclic amines) is 1. The first-order valence-corrected chi connectivity index (χ1v) is 11.6. The van der Waals surface area contributed by atoms with Gasteiger partial charge in [-0.1, -0.05) is 50.3 Å². The van der Waals surface area contributed by atoms with Crippen LogP contribution in [-0.2, 0) is 11.2 Å². The maximum atomic E-state index is 12.6. The SMILES string of the molecule is Cc1ccccc1-n1c(CC2CCN(C(=O)CCC3CCCCC3)CC2)n[nH]c1=O. The van der Waals surface area contributed by atoms with E-state index in [4.69, 9.17) is 0 Å². The van der Waals surface area contributed by atoms with Crippen molar-refractivity contribution in [2.45, 2.75) is 71.1 Å². The van der Waals surface area contributed by atoms with Crippen LogP contribution in [-0.4, -0.2) is 38.7 Å². The van der Waals surface area contributed by atoms with Crippen LogP contribution < -0.4 is 5.69 Å². The van der Waals surface area contributed by atoms with E-state index in [1.54, 1.807) is 4.57 Å². The number of H-pyrrole nitrogens is 1. The van der Waals surface area contributed by atoms with Gasteiger partial charge in [-0.3, -0.25) is 4.79 Å². The number of para-hydroxylation sites is 1. The van der Waals surface area contributed by atoms with E-state index in [0.717, 1.165) is 61.8 Å². The van der Waals surface area contributed by atoms with Gasteiger partial charge in [0, 0.05) is 25.9 Å². The molecule has 30 heavy (non-hydrogen) atoms. The van der Waals surface area contributed by atoms with Crippen LogP contribution in [0, 0.1) is 18.8 Å². The molecule has 0 radical (unpaired) electrons. The van der Waals surface area contributed by atoms with Crippen LogP contribution in [0.2, 0.25) is 0 Å². The average Bonchev–Trinajstić information content (AvgIpc) is 3.13. The molecule has 1 aliphatic carbocycles. The largest absolute Gasteiger partial charge is 0.347 e. The summed E-state index contributed by atoms with van der Waals surface area (Å²) in [5.41, 5.74) is 1.76. The van der Waals surface area contributed by atoms with Gasteiger partial charge in [0.1, 0.15) is 5.82 Å². The monoisotopic (exact) mass is 410 g/mol. The molecule has 2 aliphatic rings. The van der Waals surface area contributed by atoms with Gasteiger partial charge in [0.05, 0.1) is 5.69 Å². The van der Waals surface area contributed by atoms with Crippen LogP contribution in [0.3, 0.4) is 0 Å². The van der Waals surface area contributed by atoms with Crippen molar-refractivity contribution in [3.05, 3.63) is 46.1 Å². The molecule has 2 fully saturated rings. The molecule has 1 aromatic carbocycles. The van der Waals surface area contributed by atoms with Gasteiger partial charge in [-0.2, -0.15) is 5.10 Å². The standard InChI is InChI=1S/C24H34N4O2/c1-18-7-5-6-10-21(18)28-22(25-26-24(28)30)17-20-13-15-27(16-14-20)23(29)12-11-19-8-3-2-4-9-19/h5-7,10,19-20H,2-4,8-9,11-17H2,1H3,(H,26,30). The summed E-state index contributed by atoms with van der Waals surface area (Å²) in [6.45, 7) is 3.66. The lowest BCUT2D eigenvalue weighted by atomic mass is 9.86. The molecule has 1 amide bonds. The number of amides is 1. The molecule has 0 unspecified atom stereocenters. The Kier molecular flexibility index (Phi) is 6.70. The van der Waals surface area contributed by atoms with Gasteiger partial charge in [0.25, 0.3) is 0 Å². The fraction of sp³-hybridized carbons (Fsp3) is 0.625. The third-order valence-electron chi connectivity index (χ3n) is 7.03. The quantitative estimate of drug-likeness (QED) is 0.782. The van der Waals surface area contributed by atoms with Crippen LogP contribution in [0.4, 0.5) is 0 Å². The summed E-state index contributed by atoms with van der Waals surface area (Å²) in [7, 11) is 0. The van der Waals surface area contributed by atoms with Crippen LogP contribution in [0.15, 0.2) is 29.1 Å². The molecular weight excluding hydrogens is 376 g/mol. The molecule has 6 heteroatoms. The highest BCUT2D eigenvalue weighted by atomic mass is 16.2. The number of piperidine rings is 1. The Labute approximate surface area is 178 Å². The zero-order chi connectivity index (χ0) is 20.9. The summed E-state index contributed by atoms with van der Waals surface area (Å²) in [6, 6.07) is 7.90. The van der Waals surface area contributed by atoms with Crippen LogP contribution >= 0.6 is 0 Å². The first-order valence-electron chi connectivity index (χ1n) is 11.6. The highest BCUT2D eigenvalue weighted by Crippen LogP contribution is 2.28. The fourth-order valence-corrected chi connectivity index (χ4v) is 5.14. The van der Waals surface area contributed by atoms with Crippen molar-refractivity contribution in [1.29, 1.82) is 0 Å². The van der Waals surface area contributed by atoms with Crippen molar-refractivity contribution in [2.24, 2.45) is 11.8 Å². The van der Waals surface area contributed by atoms with Gasteiger partial charge in [0.2, 0.25) is 5.91 Å². The van der Waals surface area contributed by atoms with E-state index in [-0.39, 0.29) is 5.69 Å². The lowest BCUT2D eigenvalue weighted by Gasteiger charge is -2.32. The lowest BCUT2D eigenvalue weighted by molar-refractivity contribution is -0.133. The summed E-state index contributed by atoms with van der Waals surface area (Å²) in [6.07, 6.45) is 11.1. The number of aromatic nitrogens is 3. The Balaban J connectivity index is 1.31. The second-order valence-corrected chi connectivity index (χ2v) is 9.14. The average molecular weight is 411 g/mol. The Morgan fingerprint density at radius 1 is 1.07 bits per heavy atom. The molecule has 1 saturated carbocycles. The third kappa shape index (κ3) is 4.85. The predicted molar refractivity (Wildman–Crippen MR) is 118 cm³/mol. The number of nitrogens with zero attached hydrogens (tertiary/aromatic N) is 3. The number of hydrogen-bond acceptors (Lipinski definition) is 3. The number of nitrogens with one attached hydrogen (secondary N) is 1. The molecule has 0 bridgehead atoms. The van der Waals surface area contributed by atoms with E-state index in [1.807, 2.05) is 31.2 Å². The Morgan fingerprint density at radius 3 is 2.53 bits per heavy atom. The molecule has 0 spiro atoms. The molecule has 1 aromatic heterocycles. The van der Waals surface area contributed by atoms with E-state index in [9.17, 15) is 9.59 Å². The third-order valence-corrected chi connectivity index (χ3v) is 7.03. The predicted octanol–water partition coefficient (Wildman–Crippen LogP) is 4.01. The molecule has 1 N–H and O–H groups in total. The number of carbonyl (C=O) groups is 1. The van der Waals surface area contributed by atoms with Crippen LogP contribution in [0.25, 0.3) is 5.69 Å². The topological polar surface area (TPSA) is 71.0 Å². The zero-order valence-corrected chi connectivity index (χ0v) is 18.1. The van der Waals surface area contributed by atoms with Gasteiger partial charge in [-0.25, -0.2) is 14.5 Å². The van der Waals surface area contributed by atoms with Gasteiger partial charge in [-0.15, -0.1) is 0 Å². The highest BCUT2D eigenvalue weighted by molar-refractivity contribution is 5.76. The van der Waals surface area contributed by atoms with E-state index in [1.165, 1.54) is 32.1 Å². The maximum Gasteiger partial charge on any atom is 0.347 e. The number of rotatable bonds is 6. The number of carbonyl (C=O) groups excluding carboxylic acids is 1. The smallest absolute Gasteiger partial charge is 0.343 e. The molecule has 2 aromatic rings. The van der Waals surface area contributed by atoms with Crippen molar-refractivity contribution in [1.82, 2.24) is 19.7 Å². The normalized spacial score (nSPS) is 18.6. The molecule has 1 saturated heterocycles. The van der Waals surface area contributed by atoms with Crippen molar-refractivity contribution in [3.63, 3.8) is 0 Å². The summed E-state index contributed by atoms with van der Waals surface area (Å²) in [5, 5.41) is 6.93. The van der Waals surface area contributed by atoms with Crippen molar-refractivity contribution < 1.29 is 4.79 Å². The van der Waals surface area contributed by atoms with Gasteiger partial charge in [-0.05, 0) is 49.7 Å². The van der Waals surface area contributed by atoms with Gasteiger partial charge in [0.15, 0.2) is 0 Å². The van der Waals surface area contributed by atoms with Crippen LogP contribution in [0.1, 0.15) is 69.2 Å². The van der Waals surface area contributed by atoms with Crippen LogP contribution in [0.5, 0.6) is 0 Å². The number of aromatic amines is 1. The van der Waals surface area contributed by atoms with E-state index in [2.05, 4.69) is 15.1 Å². The minimum atomic E-state index is -0.186. The van der Waals surface area contributed by atoms with E-state index >= 15 is 0 Å². The van der Waals surface area contributed by atoms with Crippen molar-refractivity contribution in [3.8, 4) is 5.69 Å². The zero-order valence-electron chi connectivity index (χ0n) is 18.1. The molecular formula is C24H34N4O2. The second-order valence-electron chi connectivity index (χ2n) is 9.14. The molecule has 162 valence electrons. The summed E-state index contributed by atoms with van der Waals surface area (Å²) in [5.74, 6) is 2.33. The number of hydrogen-bond donors (Lipinski definition) is 1. The molecule has 1 aliphatic heterocycles. The minimum Gasteiger partial charge on any atom is -0.343 e. The molecule has 2 heterocycles. The first-order chi connectivity index (χ1) is 14.6. The summed E-state index contributed by atoms with van der Waals surface area (Å²) >= 11 is 0. The van der Waals surface area contributed by atoms with Crippen molar-refractivity contribution >= 4 is 5.91 Å². The first kappa shape index (κ1) is 20.9. The molecule has 6 nitrogen and oxygen atoms in total. The van der Waals surface area contributed by atoms with E-state index < -0.39 is 0 Å². The number of aryl methyl sites for hydroxylation is 1. The molecule has 0 atom stereocenters. The highest BCUT2D eigenvalue weighted by Gasteiger charge is 2.25. The minimum absolute atomic E-state index is 0.186. The Morgan fingerprint density at radius 2 is 1.80 bits per heavy atom. The van der Waals surface area contributed by atoms with Gasteiger partial charge < -0.3 is 4.90 Å². The summed E-state index contributed by atoms with van der Waals surface area (Å²) < 4.78 is 1.71. The lowest BCUT2D eigenvalue weighted by Crippen LogP contribution is -2.39. The maximum absolute atomic E-state index is 12.6. The number of benzene rings is 1. The van der Waals surface area contributed by atoms with Gasteiger partial charge >= 0.3 is 5.69 Å².